The van der Waals surface area contributed by atoms with Crippen molar-refractivity contribution in [3.8, 4) is 17.2 Å². The molecule has 3 aromatic rings. The van der Waals surface area contributed by atoms with Crippen LogP contribution in [0, 0.1) is 5.82 Å². The lowest BCUT2D eigenvalue weighted by Crippen LogP contribution is -2.36. The van der Waals surface area contributed by atoms with Crippen LogP contribution in [0.15, 0.2) is 71.6 Å². The fourth-order valence-electron chi connectivity index (χ4n) is 3.51. The van der Waals surface area contributed by atoms with Gasteiger partial charge in [0.15, 0.2) is 11.5 Å². The Bertz CT molecular complexity index is 1360. The number of hydrogen-bond donors (Lipinski definition) is 1. The summed E-state index contributed by atoms with van der Waals surface area (Å²) in [5.41, 5.74) is 1.99. The van der Waals surface area contributed by atoms with Crippen molar-refractivity contribution in [3.05, 3.63) is 88.6 Å². The van der Waals surface area contributed by atoms with Crippen molar-refractivity contribution >= 4 is 40.6 Å². The van der Waals surface area contributed by atoms with Gasteiger partial charge in [0.25, 0.3) is 11.1 Å². The Balaban J connectivity index is 1.18. The summed E-state index contributed by atoms with van der Waals surface area (Å²) >= 11 is 0.774. The smallest absolute Gasteiger partial charge is 0.294 e. The molecule has 3 amide bonds. The molecule has 0 atom stereocenters. The summed E-state index contributed by atoms with van der Waals surface area (Å²) in [6, 6.07) is 17.9. The number of hydrogen-bond acceptors (Lipinski definition) is 7. The maximum absolute atomic E-state index is 13.0. The summed E-state index contributed by atoms with van der Waals surface area (Å²) in [5, 5.41) is 2.13. The number of ether oxygens (including phenoxy) is 3. The molecule has 2 aliphatic rings. The van der Waals surface area contributed by atoms with E-state index in [2.05, 4.69) is 5.32 Å². The number of nitrogens with one attached hydrogen (secondary N) is 1. The molecule has 182 valence electrons. The lowest BCUT2D eigenvalue weighted by atomic mass is 10.2. The Kier molecular flexibility index (Phi) is 6.59. The van der Waals surface area contributed by atoms with Crippen LogP contribution >= 0.6 is 11.8 Å². The second kappa shape index (κ2) is 10.1. The van der Waals surface area contributed by atoms with Gasteiger partial charge >= 0.3 is 0 Å². The van der Waals surface area contributed by atoms with Gasteiger partial charge in [-0.1, -0.05) is 24.3 Å². The summed E-state index contributed by atoms with van der Waals surface area (Å²) in [7, 11) is 0. The normalized spacial score (nSPS) is 15.5. The topological polar surface area (TPSA) is 94.2 Å². The van der Waals surface area contributed by atoms with E-state index in [1.807, 2.05) is 0 Å². The van der Waals surface area contributed by atoms with Gasteiger partial charge in [0.05, 0.1) is 4.91 Å². The molecule has 5 rings (SSSR count). The van der Waals surface area contributed by atoms with E-state index in [1.165, 1.54) is 12.1 Å². The molecule has 1 N–H and O–H groups in total. The van der Waals surface area contributed by atoms with Crippen LogP contribution in [0.1, 0.15) is 11.1 Å². The van der Waals surface area contributed by atoms with Crippen LogP contribution in [0.3, 0.4) is 0 Å². The third kappa shape index (κ3) is 5.33. The molecule has 1 fully saturated rings. The number of carbonyl (C=O) groups is 3. The van der Waals surface area contributed by atoms with Gasteiger partial charge in [-0.3, -0.25) is 19.3 Å². The van der Waals surface area contributed by atoms with Crippen LogP contribution in [0.5, 0.6) is 17.2 Å². The van der Waals surface area contributed by atoms with E-state index in [9.17, 15) is 18.8 Å². The lowest BCUT2D eigenvalue weighted by Gasteiger charge is -2.12. The molecule has 36 heavy (non-hydrogen) atoms. The van der Waals surface area contributed by atoms with Crippen molar-refractivity contribution < 1.29 is 33.0 Å². The summed E-state index contributed by atoms with van der Waals surface area (Å²) in [4.78, 5) is 38.7. The van der Waals surface area contributed by atoms with Crippen LogP contribution in [0.25, 0.3) is 6.08 Å². The molecule has 0 bridgehead atoms. The molecule has 2 aliphatic heterocycles. The van der Waals surface area contributed by atoms with Gasteiger partial charge in [-0.25, -0.2) is 4.39 Å². The molecule has 1 saturated heterocycles. The first-order chi connectivity index (χ1) is 17.4. The minimum Gasteiger partial charge on any atom is -0.489 e. The van der Waals surface area contributed by atoms with Crippen molar-refractivity contribution in [2.24, 2.45) is 0 Å². The first-order valence-corrected chi connectivity index (χ1v) is 11.7. The highest BCUT2D eigenvalue weighted by Crippen LogP contribution is 2.35. The SMILES string of the molecule is O=C(CN1C(=O)S/C(=C\c2ccc(OCc3ccc(F)cc3)cc2)C1=O)Nc1ccc2c(c1)OCO2. The zero-order chi connectivity index (χ0) is 25.1. The van der Waals surface area contributed by atoms with Crippen molar-refractivity contribution in [3.63, 3.8) is 0 Å². The fourth-order valence-corrected chi connectivity index (χ4v) is 4.35. The van der Waals surface area contributed by atoms with Crippen LogP contribution in [-0.2, 0) is 16.2 Å². The monoisotopic (exact) mass is 506 g/mol. The lowest BCUT2D eigenvalue weighted by molar-refractivity contribution is -0.127. The molecule has 3 aromatic carbocycles. The highest BCUT2D eigenvalue weighted by atomic mass is 32.2. The zero-order valence-electron chi connectivity index (χ0n) is 18.7. The highest BCUT2D eigenvalue weighted by Gasteiger charge is 2.36. The molecule has 10 heteroatoms. The van der Waals surface area contributed by atoms with Crippen LogP contribution in [-0.4, -0.2) is 35.3 Å². The maximum atomic E-state index is 13.0. The molecule has 0 saturated carbocycles. The molecule has 8 nitrogen and oxygen atoms in total. The number of fused-ring (bicyclic) bond motifs is 1. The Morgan fingerprint density at radius 1 is 1.03 bits per heavy atom. The predicted molar refractivity (Wildman–Crippen MR) is 131 cm³/mol. The molecular weight excluding hydrogens is 487 g/mol. The Labute approximate surface area is 209 Å². The summed E-state index contributed by atoms with van der Waals surface area (Å²) in [6.45, 7) is -0.0129. The average Bonchev–Trinajstić information content (AvgIpc) is 3.44. The van der Waals surface area contributed by atoms with Gasteiger partial charge in [-0.2, -0.15) is 0 Å². The minimum absolute atomic E-state index is 0.113. The van der Waals surface area contributed by atoms with Crippen LogP contribution in [0.4, 0.5) is 14.9 Å². The van der Waals surface area contributed by atoms with Gasteiger partial charge < -0.3 is 19.5 Å². The van der Waals surface area contributed by atoms with Crippen molar-refractivity contribution in [2.75, 3.05) is 18.7 Å². The van der Waals surface area contributed by atoms with E-state index in [-0.39, 0.29) is 24.1 Å². The molecule has 2 heterocycles. The van der Waals surface area contributed by atoms with Crippen molar-refractivity contribution in [1.82, 2.24) is 4.90 Å². The van der Waals surface area contributed by atoms with Gasteiger partial charge in [0, 0.05) is 11.8 Å². The third-order valence-electron chi connectivity index (χ3n) is 5.33. The number of carbonyl (C=O) groups excluding carboxylic acids is 3. The molecular formula is C26H19FN2O6S. The van der Waals surface area contributed by atoms with Gasteiger partial charge in [-0.15, -0.1) is 0 Å². The number of thioether (sulfide) groups is 1. The highest BCUT2D eigenvalue weighted by molar-refractivity contribution is 8.18. The van der Waals surface area contributed by atoms with E-state index < -0.39 is 23.6 Å². The molecule has 0 radical (unpaired) electrons. The fraction of sp³-hybridized carbons (Fsp3) is 0.115. The Morgan fingerprint density at radius 2 is 1.78 bits per heavy atom. The van der Waals surface area contributed by atoms with Crippen molar-refractivity contribution in [2.45, 2.75) is 6.61 Å². The number of halogens is 1. The number of amides is 3. The quantitative estimate of drug-likeness (QED) is 0.460. The summed E-state index contributed by atoms with van der Waals surface area (Å²) in [6.07, 6.45) is 1.59. The second-order valence-corrected chi connectivity index (χ2v) is 8.86. The van der Waals surface area contributed by atoms with E-state index in [1.54, 1.807) is 60.7 Å². The van der Waals surface area contributed by atoms with Gasteiger partial charge in [-0.05, 0) is 65.4 Å². The van der Waals surface area contributed by atoms with Gasteiger partial charge in [0.2, 0.25) is 12.7 Å². The summed E-state index contributed by atoms with van der Waals surface area (Å²) in [5.74, 6) is 0.329. The largest absolute Gasteiger partial charge is 0.489 e. The molecule has 0 aromatic heterocycles. The first-order valence-electron chi connectivity index (χ1n) is 10.9. The Hall–Kier alpha value is -4.31. The average molecular weight is 507 g/mol. The number of rotatable bonds is 7. The molecule has 0 unspecified atom stereocenters. The number of imide groups is 1. The molecule has 0 spiro atoms. The second-order valence-electron chi connectivity index (χ2n) is 7.87. The van der Waals surface area contributed by atoms with Crippen LogP contribution in [0.2, 0.25) is 0 Å². The maximum Gasteiger partial charge on any atom is 0.294 e. The number of benzene rings is 3. The number of nitrogens with zero attached hydrogens (tertiary/aromatic N) is 1. The van der Waals surface area contributed by atoms with E-state index in [0.717, 1.165) is 22.2 Å². The Morgan fingerprint density at radius 3 is 2.56 bits per heavy atom. The van der Waals surface area contributed by atoms with Crippen molar-refractivity contribution in [1.29, 1.82) is 0 Å². The van der Waals surface area contributed by atoms with Gasteiger partial charge in [0.1, 0.15) is 24.7 Å². The molecule has 0 aliphatic carbocycles. The standard InChI is InChI=1S/C26H19FN2O6S/c27-18-5-1-17(2-6-18)14-33-20-8-3-16(4-9-20)11-23-25(31)29(26(32)36-23)13-24(30)28-19-7-10-21-22(12-19)35-15-34-21/h1-12H,13-15H2,(H,28,30)/b23-11-. The van der Waals surface area contributed by atoms with E-state index >= 15 is 0 Å². The minimum atomic E-state index is -0.539. The third-order valence-corrected chi connectivity index (χ3v) is 6.24. The first kappa shape index (κ1) is 23.4. The zero-order valence-corrected chi connectivity index (χ0v) is 19.5. The van der Waals surface area contributed by atoms with E-state index in [0.29, 0.717) is 28.5 Å². The predicted octanol–water partition coefficient (Wildman–Crippen LogP) is 4.81. The van der Waals surface area contributed by atoms with Crippen LogP contribution < -0.4 is 19.5 Å². The number of anilines is 1. The summed E-state index contributed by atoms with van der Waals surface area (Å²) < 4.78 is 29.2. The van der Waals surface area contributed by atoms with E-state index in [4.69, 9.17) is 14.2 Å².